The van der Waals surface area contributed by atoms with Crippen molar-refractivity contribution in [1.29, 1.82) is 0 Å². The first kappa shape index (κ1) is 22.5. The summed E-state index contributed by atoms with van der Waals surface area (Å²) in [6, 6.07) is 6.29. The van der Waals surface area contributed by atoms with Crippen LogP contribution in [0, 0.1) is 0 Å². The first-order chi connectivity index (χ1) is 12.6. The summed E-state index contributed by atoms with van der Waals surface area (Å²) >= 11 is 0. The number of nitrogens with zero attached hydrogens (tertiary/aromatic N) is 1. The lowest BCUT2D eigenvalue weighted by atomic mass is 10.0. The molecule has 1 aromatic carbocycles. The van der Waals surface area contributed by atoms with Gasteiger partial charge in [-0.3, -0.25) is 0 Å². The molecule has 0 aliphatic carbocycles. The smallest absolute Gasteiger partial charge is 0.105 e. The van der Waals surface area contributed by atoms with Gasteiger partial charge in [-0.15, -0.1) is 0 Å². The topological polar surface area (TPSA) is 46.2 Å². The van der Waals surface area contributed by atoms with Crippen LogP contribution in [0.2, 0.25) is 0 Å². The summed E-state index contributed by atoms with van der Waals surface area (Å²) < 4.78 is 0.912. The quantitative estimate of drug-likeness (QED) is 0.300. The molecule has 0 radical (unpaired) electrons. The van der Waals surface area contributed by atoms with Crippen LogP contribution in [0.25, 0.3) is 0 Å². The first-order valence-electron chi connectivity index (χ1n) is 10.2. The highest BCUT2D eigenvalue weighted by Gasteiger charge is 2.27. The van der Waals surface area contributed by atoms with Gasteiger partial charge in [0.1, 0.15) is 13.1 Å². The highest BCUT2D eigenvalue weighted by Crippen LogP contribution is 2.22. The second-order valence-corrected chi connectivity index (χ2v) is 7.11. The summed E-state index contributed by atoms with van der Waals surface area (Å²) in [6.45, 7) is 10.6. The van der Waals surface area contributed by atoms with E-state index >= 15 is 0 Å². The summed E-state index contributed by atoms with van der Waals surface area (Å²) in [6.07, 6.45) is 14.3. The molecule has 3 N–H and O–H groups in total. The van der Waals surface area contributed by atoms with E-state index in [1.54, 1.807) is 0 Å². The summed E-state index contributed by atoms with van der Waals surface area (Å²) in [5.41, 5.74) is 9.61. The van der Waals surface area contributed by atoms with E-state index in [-0.39, 0.29) is 6.61 Å². The minimum Gasteiger partial charge on any atom is -0.399 e. The Balaban J connectivity index is 3.07. The number of nitrogen functional groups attached to an aromatic ring is 1. The number of nitrogens with two attached hydrogens (primary N) is 1. The van der Waals surface area contributed by atoms with Crippen molar-refractivity contribution < 1.29 is 9.59 Å². The van der Waals surface area contributed by atoms with E-state index in [2.05, 4.69) is 57.2 Å². The van der Waals surface area contributed by atoms with E-state index in [1.807, 2.05) is 6.07 Å². The van der Waals surface area contributed by atoms with Crippen molar-refractivity contribution in [3.63, 3.8) is 0 Å². The molecule has 26 heavy (non-hydrogen) atoms. The zero-order valence-electron chi connectivity index (χ0n) is 17.1. The maximum atomic E-state index is 9.79. The molecule has 0 amide bonds. The Bertz CT molecular complexity index is 545. The number of aliphatic hydroxyl groups excluding tert-OH is 1. The maximum absolute atomic E-state index is 9.79. The van der Waals surface area contributed by atoms with Crippen LogP contribution < -0.4 is 5.73 Å². The Labute approximate surface area is 160 Å². The number of aliphatic hydroxyl groups is 1. The van der Waals surface area contributed by atoms with Crippen molar-refractivity contribution >= 4 is 5.69 Å². The third-order valence-electron chi connectivity index (χ3n) is 5.04. The second-order valence-electron chi connectivity index (χ2n) is 7.11. The van der Waals surface area contributed by atoms with Gasteiger partial charge in [0.15, 0.2) is 0 Å². The molecule has 0 spiro atoms. The number of anilines is 1. The van der Waals surface area contributed by atoms with Gasteiger partial charge in [0, 0.05) is 24.1 Å². The largest absolute Gasteiger partial charge is 0.399 e. The van der Waals surface area contributed by atoms with Crippen molar-refractivity contribution in [1.82, 2.24) is 0 Å². The van der Waals surface area contributed by atoms with Crippen molar-refractivity contribution in [2.24, 2.45) is 0 Å². The predicted molar refractivity (Wildman–Crippen MR) is 114 cm³/mol. The second kappa shape index (κ2) is 12.7. The number of benzene rings is 1. The monoisotopic (exact) mass is 359 g/mol. The fourth-order valence-corrected chi connectivity index (χ4v) is 3.55. The average molecular weight is 360 g/mol. The molecule has 0 aliphatic heterocycles. The lowest BCUT2D eigenvalue weighted by molar-refractivity contribution is -0.940. The van der Waals surface area contributed by atoms with Crippen LogP contribution in [0.1, 0.15) is 57.6 Å². The van der Waals surface area contributed by atoms with Gasteiger partial charge in [0.25, 0.3) is 0 Å². The Morgan fingerprint density at radius 3 is 2.00 bits per heavy atom. The van der Waals surface area contributed by atoms with Gasteiger partial charge in [0.05, 0.1) is 19.7 Å². The van der Waals surface area contributed by atoms with Gasteiger partial charge >= 0.3 is 0 Å². The summed E-state index contributed by atoms with van der Waals surface area (Å²) in [5.74, 6) is 0. The minimum atomic E-state index is 0.221. The Morgan fingerprint density at radius 2 is 1.50 bits per heavy atom. The molecule has 3 heteroatoms. The molecule has 0 aliphatic rings. The molecule has 0 aromatic heterocycles. The van der Waals surface area contributed by atoms with Crippen LogP contribution >= 0.6 is 0 Å². The molecule has 0 heterocycles. The van der Waals surface area contributed by atoms with Gasteiger partial charge in [-0.25, -0.2) is 0 Å². The fraction of sp³-hybridized carbons (Fsp3) is 0.565. The lowest BCUT2D eigenvalue weighted by Gasteiger charge is -2.39. The Morgan fingerprint density at radius 1 is 0.885 bits per heavy atom. The normalized spacial score (nSPS) is 14.3. The molecule has 146 valence electrons. The summed E-state index contributed by atoms with van der Waals surface area (Å²) in [5, 5.41) is 9.79. The molecule has 3 nitrogen and oxygen atoms in total. The standard InChI is InChI=1S/C23H39N2O/c1-4-7-9-11-15-25(17-18-26,16-12-10-8-5-2)20-22-19-23(24)14-13-21(22)6-3/h7-10,13-14,19,26H,4-6,11-12,15-18,20,24H2,1-3H3/q+1. The van der Waals surface area contributed by atoms with Crippen LogP contribution in [0.3, 0.4) is 0 Å². The van der Waals surface area contributed by atoms with E-state index < -0.39 is 0 Å². The molecular formula is C23H39N2O+. The van der Waals surface area contributed by atoms with Crippen LogP contribution in [0.4, 0.5) is 5.69 Å². The molecule has 0 saturated heterocycles. The molecule has 0 bridgehead atoms. The molecular weight excluding hydrogens is 320 g/mol. The summed E-state index contributed by atoms with van der Waals surface area (Å²) in [4.78, 5) is 0. The fourth-order valence-electron chi connectivity index (χ4n) is 3.55. The van der Waals surface area contributed by atoms with Crippen LogP contribution in [0.15, 0.2) is 42.5 Å². The van der Waals surface area contributed by atoms with Crippen molar-refractivity contribution in [2.45, 2.75) is 59.4 Å². The molecule has 0 atom stereocenters. The van der Waals surface area contributed by atoms with E-state index in [9.17, 15) is 5.11 Å². The van der Waals surface area contributed by atoms with E-state index in [0.717, 1.165) is 68.5 Å². The average Bonchev–Trinajstić information content (AvgIpc) is 2.63. The van der Waals surface area contributed by atoms with Crippen LogP contribution in [0.5, 0.6) is 0 Å². The third kappa shape index (κ3) is 7.76. The number of aryl methyl sites for hydroxylation is 1. The highest BCUT2D eigenvalue weighted by atomic mass is 16.3. The highest BCUT2D eigenvalue weighted by molar-refractivity contribution is 5.44. The van der Waals surface area contributed by atoms with Crippen LogP contribution in [-0.4, -0.2) is 35.8 Å². The first-order valence-corrected chi connectivity index (χ1v) is 10.2. The lowest BCUT2D eigenvalue weighted by Crippen LogP contribution is -2.50. The van der Waals surface area contributed by atoms with Crippen molar-refractivity contribution in [3.8, 4) is 0 Å². The number of quaternary nitrogens is 1. The summed E-state index contributed by atoms with van der Waals surface area (Å²) in [7, 11) is 0. The molecule has 1 rings (SSSR count). The van der Waals surface area contributed by atoms with E-state index in [1.165, 1.54) is 11.1 Å². The van der Waals surface area contributed by atoms with Gasteiger partial charge in [-0.05, 0) is 37.0 Å². The zero-order valence-corrected chi connectivity index (χ0v) is 17.1. The number of rotatable bonds is 13. The predicted octanol–water partition coefficient (Wildman–Crippen LogP) is 4.85. The van der Waals surface area contributed by atoms with Gasteiger partial charge in [-0.2, -0.15) is 0 Å². The van der Waals surface area contributed by atoms with Gasteiger partial charge in [-0.1, -0.05) is 51.1 Å². The van der Waals surface area contributed by atoms with E-state index in [0.29, 0.717) is 0 Å². The molecule has 0 saturated carbocycles. The third-order valence-corrected chi connectivity index (χ3v) is 5.04. The SMILES string of the molecule is CCC=CCC[N+](CCO)(CCC=CCC)Cc1cc(N)ccc1CC. The zero-order chi connectivity index (χ0) is 19.3. The molecule has 0 fully saturated rings. The Kier molecular flexibility index (Phi) is 11.0. The Hall–Kier alpha value is -1.58. The number of hydrogen-bond acceptors (Lipinski definition) is 2. The van der Waals surface area contributed by atoms with Gasteiger partial charge < -0.3 is 15.3 Å². The number of allylic oxidation sites excluding steroid dienone is 2. The maximum Gasteiger partial charge on any atom is 0.105 e. The van der Waals surface area contributed by atoms with Crippen molar-refractivity contribution in [3.05, 3.63) is 53.6 Å². The molecule has 0 unspecified atom stereocenters. The van der Waals surface area contributed by atoms with Gasteiger partial charge in [0.2, 0.25) is 0 Å². The van der Waals surface area contributed by atoms with Crippen molar-refractivity contribution in [2.75, 3.05) is 32.0 Å². The van der Waals surface area contributed by atoms with E-state index in [4.69, 9.17) is 5.73 Å². The minimum absolute atomic E-state index is 0.221. The molecule has 1 aromatic rings. The van der Waals surface area contributed by atoms with Crippen LogP contribution in [-0.2, 0) is 13.0 Å². The number of hydrogen-bond donors (Lipinski definition) is 2.